The summed E-state index contributed by atoms with van der Waals surface area (Å²) in [4.78, 5) is 33.0. The van der Waals surface area contributed by atoms with Crippen molar-refractivity contribution in [2.24, 2.45) is 0 Å². The van der Waals surface area contributed by atoms with Crippen LogP contribution in [0.1, 0.15) is 35.9 Å². The van der Waals surface area contributed by atoms with Crippen LogP contribution in [-0.2, 0) is 4.79 Å². The minimum absolute atomic E-state index is 0.265. The van der Waals surface area contributed by atoms with E-state index < -0.39 is 0 Å². The number of nitrogens with zero attached hydrogens (tertiary/aromatic N) is 3. The van der Waals surface area contributed by atoms with Crippen molar-refractivity contribution < 1.29 is 9.59 Å². The Bertz CT molecular complexity index is 736. The van der Waals surface area contributed by atoms with E-state index in [-0.39, 0.29) is 11.8 Å². The standard InChI is InChI=1S/C18H21N3O2S/c1-13(22)20(2)18(23)15-16(21-11-7-4-8-12-21)19-17(24-15)14-9-5-3-6-10-14/h3,5-6,9-10H,4,7-8,11-12H2,1-2H3. The highest BCUT2D eigenvalue weighted by Gasteiger charge is 2.27. The van der Waals surface area contributed by atoms with Crippen molar-refractivity contribution in [1.29, 1.82) is 0 Å². The monoisotopic (exact) mass is 343 g/mol. The van der Waals surface area contributed by atoms with Crippen LogP contribution < -0.4 is 4.90 Å². The second-order valence-electron chi connectivity index (χ2n) is 5.97. The number of rotatable bonds is 3. The summed E-state index contributed by atoms with van der Waals surface area (Å²) in [6.07, 6.45) is 3.42. The van der Waals surface area contributed by atoms with Crippen molar-refractivity contribution in [2.75, 3.05) is 25.0 Å². The Balaban J connectivity index is 2.02. The van der Waals surface area contributed by atoms with E-state index in [4.69, 9.17) is 4.98 Å². The van der Waals surface area contributed by atoms with Crippen LogP contribution in [0.2, 0.25) is 0 Å². The van der Waals surface area contributed by atoms with Crippen LogP contribution in [0.4, 0.5) is 5.82 Å². The lowest BCUT2D eigenvalue weighted by molar-refractivity contribution is -0.125. The molecule has 1 aromatic heterocycles. The second-order valence-corrected chi connectivity index (χ2v) is 6.97. The molecule has 2 amide bonds. The zero-order valence-corrected chi connectivity index (χ0v) is 14.8. The lowest BCUT2D eigenvalue weighted by Crippen LogP contribution is -2.34. The molecule has 0 saturated carbocycles. The molecule has 0 bridgehead atoms. The third-order valence-electron chi connectivity index (χ3n) is 4.26. The first-order valence-electron chi connectivity index (χ1n) is 8.17. The number of piperidine rings is 1. The van der Waals surface area contributed by atoms with Gasteiger partial charge >= 0.3 is 0 Å². The van der Waals surface area contributed by atoms with Gasteiger partial charge in [-0.2, -0.15) is 0 Å². The first-order valence-corrected chi connectivity index (χ1v) is 8.99. The summed E-state index contributed by atoms with van der Waals surface area (Å²) in [6.45, 7) is 3.21. The molecule has 5 nitrogen and oxygen atoms in total. The Hall–Kier alpha value is -2.21. The quantitative estimate of drug-likeness (QED) is 0.857. The number of thiazole rings is 1. The summed E-state index contributed by atoms with van der Waals surface area (Å²) in [6, 6.07) is 9.85. The molecule has 1 aromatic carbocycles. The first kappa shape index (κ1) is 16.6. The van der Waals surface area contributed by atoms with E-state index in [1.165, 1.54) is 31.7 Å². The molecular weight excluding hydrogens is 322 g/mol. The van der Waals surface area contributed by atoms with Crippen LogP contribution in [0, 0.1) is 0 Å². The van der Waals surface area contributed by atoms with Gasteiger partial charge in [-0.1, -0.05) is 30.3 Å². The van der Waals surface area contributed by atoms with Crippen molar-refractivity contribution >= 4 is 29.0 Å². The number of hydrogen-bond acceptors (Lipinski definition) is 5. The van der Waals surface area contributed by atoms with Gasteiger partial charge in [0, 0.05) is 32.6 Å². The molecule has 0 radical (unpaired) electrons. The molecule has 3 rings (SSSR count). The number of hydrogen-bond donors (Lipinski definition) is 0. The van der Waals surface area contributed by atoms with Gasteiger partial charge in [-0.05, 0) is 19.3 Å². The highest BCUT2D eigenvalue weighted by molar-refractivity contribution is 7.17. The van der Waals surface area contributed by atoms with Crippen LogP contribution in [0.15, 0.2) is 30.3 Å². The van der Waals surface area contributed by atoms with E-state index in [9.17, 15) is 9.59 Å². The van der Waals surface area contributed by atoms with E-state index in [0.29, 0.717) is 4.88 Å². The average molecular weight is 343 g/mol. The number of amides is 2. The van der Waals surface area contributed by atoms with E-state index in [1.807, 2.05) is 30.3 Å². The van der Waals surface area contributed by atoms with Gasteiger partial charge in [-0.25, -0.2) is 4.98 Å². The molecule has 0 atom stereocenters. The number of carbonyl (C=O) groups excluding carboxylic acids is 2. The third-order valence-corrected chi connectivity index (χ3v) is 5.34. The summed E-state index contributed by atoms with van der Waals surface area (Å²) in [5.41, 5.74) is 0.991. The minimum atomic E-state index is -0.275. The number of aromatic nitrogens is 1. The van der Waals surface area contributed by atoms with Crippen LogP contribution >= 0.6 is 11.3 Å². The van der Waals surface area contributed by atoms with Gasteiger partial charge in [0.2, 0.25) is 5.91 Å². The van der Waals surface area contributed by atoms with Crippen LogP contribution in [0.5, 0.6) is 0 Å². The van der Waals surface area contributed by atoms with Crippen molar-refractivity contribution in [1.82, 2.24) is 9.88 Å². The van der Waals surface area contributed by atoms with E-state index in [0.717, 1.165) is 47.2 Å². The maximum absolute atomic E-state index is 12.7. The summed E-state index contributed by atoms with van der Waals surface area (Å²) in [7, 11) is 1.52. The highest BCUT2D eigenvalue weighted by Crippen LogP contribution is 2.35. The van der Waals surface area contributed by atoms with Crippen molar-refractivity contribution in [2.45, 2.75) is 26.2 Å². The van der Waals surface area contributed by atoms with E-state index in [1.54, 1.807) is 0 Å². The van der Waals surface area contributed by atoms with Gasteiger partial charge in [0.25, 0.3) is 5.91 Å². The summed E-state index contributed by atoms with van der Waals surface area (Å²) in [5.74, 6) is 0.179. The molecule has 0 spiro atoms. The molecule has 6 heteroatoms. The van der Waals surface area contributed by atoms with Crippen molar-refractivity contribution in [3.05, 3.63) is 35.2 Å². The molecule has 2 heterocycles. The van der Waals surface area contributed by atoms with Gasteiger partial charge < -0.3 is 4.90 Å². The molecule has 0 unspecified atom stereocenters. The number of imide groups is 1. The van der Waals surface area contributed by atoms with Gasteiger partial charge in [-0.3, -0.25) is 14.5 Å². The molecule has 0 N–H and O–H groups in total. The number of benzene rings is 1. The van der Waals surface area contributed by atoms with E-state index >= 15 is 0 Å². The Labute approximate surface area is 145 Å². The van der Waals surface area contributed by atoms with Crippen molar-refractivity contribution in [3.63, 3.8) is 0 Å². The molecule has 1 fully saturated rings. The fraction of sp³-hybridized carbons (Fsp3) is 0.389. The van der Waals surface area contributed by atoms with Gasteiger partial charge in [0.15, 0.2) is 5.82 Å². The first-order chi connectivity index (χ1) is 11.6. The van der Waals surface area contributed by atoms with Crippen LogP contribution in [-0.4, -0.2) is 41.8 Å². The number of carbonyl (C=O) groups is 2. The Kier molecular flexibility index (Phi) is 4.94. The SMILES string of the molecule is CC(=O)N(C)C(=O)c1sc(-c2ccccc2)nc1N1CCCCC1. The Morgan fingerprint density at radius 3 is 2.42 bits per heavy atom. The fourth-order valence-electron chi connectivity index (χ4n) is 2.77. The molecule has 1 saturated heterocycles. The highest BCUT2D eigenvalue weighted by atomic mass is 32.1. The fourth-order valence-corrected chi connectivity index (χ4v) is 3.84. The maximum Gasteiger partial charge on any atom is 0.274 e. The third kappa shape index (κ3) is 3.33. The molecule has 1 aliphatic heterocycles. The van der Waals surface area contributed by atoms with Crippen LogP contribution in [0.25, 0.3) is 10.6 Å². The van der Waals surface area contributed by atoms with E-state index in [2.05, 4.69) is 4.90 Å². The summed E-state index contributed by atoms with van der Waals surface area (Å²) >= 11 is 1.36. The second kappa shape index (κ2) is 7.13. The molecule has 126 valence electrons. The van der Waals surface area contributed by atoms with Gasteiger partial charge in [0.05, 0.1) is 0 Å². The molecular formula is C18H21N3O2S. The largest absolute Gasteiger partial charge is 0.355 e. The average Bonchev–Trinajstić information content (AvgIpc) is 3.07. The normalized spacial score (nSPS) is 14.5. The zero-order chi connectivity index (χ0) is 17.1. The lowest BCUT2D eigenvalue weighted by atomic mass is 10.1. The predicted molar refractivity (Wildman–Crippen MR) is 96.4 cm³/mol. The van der Waals surface area contributed by atoms with Crippen LogP contribution in [0.3, 0.4) is 0 Å². The molecule has 2 aromatic rings. The zero-order valence-electron chi connectivity index (χ0n) is 14.0. The van der Waals surface area contributed by atoms with Crippen molar-refractivity contribution in [3.8, 4) is 10.6 Å². The lowest BCUT2D eigenvalue weighted by Gasteiger charge is -2.27. The Morgan fingerprint density at radius 2 is 1.79 bits per heavy atom. The minimum Gasteiger partial charge on any atom is -0.355 e. The molecule has 24 heavy (non-hydrogen) atoms. The Morgan fingerprint density at radius 1 is 1.12 bits per heavy atom. The topological polar surface area (TPSA) is 53.5 Å². The van der Waals surface area contributed by atoms with Gasteiger partial charge in [0.1, 0.15) is 9.88 Å². The number of anilines is 1. The maximum atomic E-state index is 12.7. The predicted octanol–water partition coefficient (Wildman–Crippen LogP) is 3.42. The molecule has 1 aliphatic rings. The molecule has 0 aliphatic carbocycles. The smallest absolute Gasteiger partial charge is 0.274 e. The summed E-state index contributed by atoms with van der Waals surface area (Å²) in [5, 5.41) is 0.816. The summed E-state index contributed by atoms with van der Waals surface area (Å²) < 4.78 is 0. The van der Waals surface area contributed by atoms with Gasteiger partial charge in [-0.15, -0.1) is 11.3 Å².